The van der Waals surface area contributed by atoms with Crippen LogP contribution in [0.1, 0.15) is 18.1 Å². The Balaban J connectivity index is 2.07. The summed E-state index contributed by atoms with van der Waals surface area (Å²) in [5, 5.41) is 0. The first kappa shape index (κ1) is 20.1. The summed E-state index contributed by atoms with van der Waals surface area (Å²) in [5.74, 6) is 1.88. The number of nitrogens with zero attached hydrogens (tertiary/aromatic N) is 1. The highest BCUT2D eigenvalue weighted by Gasteiger charge is 2.20. The van der Waals surface area contributed by atoms with E-state index in [1.54, 1.807) is 33.1 Å². The van der Waals surface area contributed by atoms with Gasteiger partial charge in [0, 0.05) is 18.1 Å². The molecule has 2 aromatic carbocycles. The Kier molecular flexibility index (Phi) is 6.91. The third-order valence-electron chi connectivity index (χ3n) is 4.10. The molecule has 0 heterocycles. The van der Waals surface area contributed by atoms with Gasteiger partial charge in [0.1, 0.15) is 5.75 Å². The number of carbonyl (C=O) groups excluding carboxylic acids is 1. The van der Waals surface area contributed by atoms with Crippen LogP contribution >= 0.6 is 15.9 Å². The molecule has 0 N–H and O–H groups in total. The van der Waals surface area contributed by atoms with Crippen LogP contribution in [0.2, 0.25) is 0 Å². The Morgan fingerprint density at radius 2 is 1.69 bits per heavy atom. The monoisotopic (exact) mass is 421 g/mol. The minimum absolute atomic E-state index is 0.0953. The lowest BCUT2D eigenvalue weighted by atomic mass is 10.1. The van der Waals surface area contributed by atoms with Crippen LogP contribution in [0, 0.1) is 6.92 Å². The van der Waals surface area contributed by atoms with E-state index in [1.807, 2.05) is 43.3 Å². The zero-order valence-corrected chi connectivity index (χ0v) is 17.3. The summed E-state index contributed by atoms with van der Waals surface area (Å²) in [6.45, 7) is 4.19. The van der Waals surface area contributed by atoms with Crippen LogP contribution in [0.25, 0.3) is 0 Å². The van der Waals surface area contributed by atoms with Crippen LogP contribution in [0.15, 0.2) is 40.9 Å². The zero-order chi connectivity index (χ0) is 19.3. The van der Waals surface area contributed by atoms with E-state index in [2.05, 4.69) is 15.9 Å². The summed E-state index contributed by atoms with van der Waals surface area (Å²) in [4.78, 5) is 14.3. The van der Waals surface area contributed by atoms with Crippen molar-refractivity contribution in [2.75, 3.05) is 21.3 Å². The molecular weight excluding hydrogens is 398 g/mol. The van der Waals surface area contributed by atoms with Gasteiger partial charge in [0.25, 0.3) is 5.91 Å². The smallest absolute Gasteiger partial charge is 0.263 e. The minimum atomic E-state index is -0.582. The number of halogens is 1. The maximum absolute atomic E-state index is 12.6. The lowest BCUT2D eigenvalue weighted by Gasteiger charge is -2.23. The van der Waals surface area contributed by atoms with Gasteiger partial charge in [-0.1, -0.05) is 15.9 Å². The van der Waals surface area contributed by atoms with Crippen molar-refractivity contribution in [1.29, 1.82) is 0 Å². The molecule has 26 heavy (non-hydrogen) atoms. The Morgan fingerprint density at radius 1 is 1.12 bits per heavy atom. The standard InChI is InChI=1S/C20H24BrNO4/c1-13-10-18(24-4)19(25-5)11-15(13)12-22(3)20(23)14(2)26-17-8-6-16(21)7-9-17/h6-11,14H,12H2,1-5H3/t14-/m0/s1. The number of ether oxygens (including phenoxy) is 3. The van der Waals surface area contributed by atoms with E-state index < -0.39 is 6.10 Å². The Hall–Kier alpha value is -2.21. The van der Waals surface area contributed by atoms with Crippen molar-refractivity contribution in [3.8, 4) is 17.2 Å². The third-order valence-corrected chi connectivity index (χ3v) is 4.63. The first-order valence-corrected chi connectivity index (χ1v) is 9.03. The van der Waals surface area contributed by atoms with Crippen molar-refractivity contribution in [3.63, 3.8) is 0 Å². The summed E-state index contributed by atoms with van der Waals surface area (Å²) in [6.07, 6.45) is -0.582. The quantitative estimate of drug-likeness (QED) is 0.671. The second-order valence-corrected chi connectivity index (χ2v) is 6.96. The van der Waals surface area contributed by atoms with Crippen LogP contribution in [0.4, 0.5) is 0 Å². The number of benzene rings is 2. The molecular formula is C20H24BrNO4. The molecule has 0 aliphatic carbocycles. The summed E-state index contributed by atoms with van der Waals surface area (Å²) < 4.78 is 17.4. The number of likely N-dealkylation sites (N-methyl/N-ethyl adjacent to an activating group) is 1. The fourth-order valence-electron chi connectivity index (χ4n) is 2.60. The molecule has 0 radical (unpaired) electrons. The summed E-state index contributed by atoms with van der Waals surface area (Å²) in [5.41, 5.74) is 2.03. The molecule has 140 valence electrons. The van der Waals surface area contributed by atoms with Crippen molar-refractivity contribution in [2.24, 2.45) is 0 Å². The largest absolute Gasteiger partial charge is 0.493 e. The zero-order valence-electron chi connectivity index (χ0n) is 15.7. The van der Waals surface area contributed by atoms with Gasteiger partial charge >= 0.3 is 0 Å². The first-order valence-electron chi connectivity index (χ1n) is 8.24. The molecule has 1 atom stereocenters. The second-order valence-electron chi connectivity index (χ2n) is 6.04. The number of aryl methyl sites for hydroxylation is 1. The Labute approximate surface area is 163 Å². The third kappa shape index (κ3) is 4.91. The summed E-state index contributed by atoms with van der Waals surface area (Å²) >= 11 is 3.38. The Morgan fingerprint density at radius 3 is 2.27 bits per heavy atom. The molecule has 1 amide bonds. The lowest BCUT2D eigenvalue weighted by molar-refractivity contribution is -0.137. The van der Waals surface area contributed by atoms with E-state index in [0.29, 0.717) is 23.8 Å². The number of hydrogen-bond donors (Lipinski definition) is 0. The first-order chi connectivity index (χ1) is 12.3. The van der Waals surface area contributed by atoms with E-state index in [9.17, 15) is 4.79 Å². The molecule has 0 saturated carbocycles. The number of methoxy groups -OCH3 is 2. The fourth-order valence-corrected chi connectivity index (χ4v) is 2.87. The minimum Gasteiger partial charge on any atom is -0.493 e. The topological polar surface area (TPSA) is 48.0 Å². The van der Waals surface area contributed by atoms with Crippen molar-refractivity contribution >= 4 is 21.8 Å². The van der Waals surface area contributed by atoms with Crippen LogP contribution in [-0.2, 0) is 11.3 Å². The van der Waals surface area contributed by atoms with Gasteiger partial charge in [0.05, 0.1) is 14.2 Å². The maximum atomic E-state index is 12.6. The molecule has 0 fully saturated rings. The average Bonchev–Trinajstić information content (AvgIpc) is 2.63. The van der Waals surface area contributed by atoms with Gasteiger partial charge in [-0.15, -0.1) is 0 Å². The molecule has 5 nitrogen and oxygen atoms in total. The molecule has 0 spiro atoms. The van der Waals surface area contributed by atoms with Crippen molar-refractivity contribution in [3.05, 3.63) is 52.0 Å². The fraction of sp³-hybridized carbons (Fsp3) is 0.350. The molecule has 6 heteroatoms. The molecule has 2 rings (SSSR count). The predicted molar refractivity (Wildman–Crippen MR) is 105 cm³/mol. The highest BCUT2D eigenvalue weighted by atomic mass is 79.9. The average molecular weight is 422 g/mol. The normalized spacial score (nSPS) is 11.6. The van der Waals surface area contributed by atoms with Crippen molar-refractivity contribution < 1.29 is 19.0 Å². The summed E-state index contributed by atoms with van der Waals surface area (Å²) in [7, 11) is 4.97. The van der Waals surface area contributed by atoms with E-state index >= 15 is 0 Å². The maximum Gasteiger partial charge on any atom is 0.263 e. The van der Waals surface area contributed by atoms with E-state index in [1.165, 1.54) is 0 Å². The van der Waals surface area contributed by atoms with Crippen LogP contribution < -0.4 is 14.2 Å². The van der Waals surface area contributed by atoms with E-state index in [4.69, 9.17) is 14.2 Å². The number of hydrogen-bond acceptors (Lipinski definition) is 4. The van der Waals surface area contributed by atoms with Crippen LogP contribution in [0.5, 0.6) is 17.2 Å². The predicted octanol–water partition coefficient (Wildman–Crippen LogP) is 4.20. The van der Waals surface area contributed by atoms with Crippen molar-refractivity contribution in [1.82, 2.24) is 4.90 Å². The van der Waals surface area contributed by atoms with Gasteiger partial charge in [-0.05, 0) is 61.4 Å². The Bertz CT molecular complexity index is 761. The molecule has 0 unspecified atom stereocenters. The lowest BCUT2D eigenvalue weighted by Crippen LogP contribution is -2.37. The number of amides is 1. The van der Waals surface area contributed by atoms with Gasteiger partial charge in [-0.2, -0.15) is 0 Å². The highest BCUT2D eigenvalue weighted by Crippen LogP contribution is 2.30. The van der Waals surface area contributed by atoms with Gasteiger partial charge < -0.3 is 19.1 Å². The van der Waals surface area contributed by atoms with Crippen LogP contribution in [-0.4, -0.2) is 38.2 Å². The molecule has 0 aliphatic rings. The SMILES string of the molecule is COc1cc(C)c(CN(C)C(=O)[C@H](C)Oc2ccc(Br)cc2)cc1OC. The number of carbonyl (C=O) groups is 1. The molecule has 0 bridgehead atoms. The molecule has 0 aromatic heterocycles. The van der Waals surface area contributed by atoms with Gasteiger partial charge in [0.15, 0.2) is 17.6 Å². The molecule has 2 aromatic rings. The van der Waals surface area contributed by atoms with Gasteiger partial charge in [0.2, 0.25) is 0 Å². The van der Waals surface area contributed by atoms with Crippen molar-refractivity contribution in [2.45, 2.75) is 26.5 Å². The summed E-state index contributed by atoms with van der Waals surface area (Å²) in [6, 6.07) is 11.2. The van der Waals surface area contributed by atoms with Gasteiger partial charge in [-0.3, -0.25) is 4.79 Å². The van der Waals surface area contributed by atoms with E-state index in [-0.39, 0.29) is 5.91 Å². The number of rotatable bonds is 7. The van der Waals surface area contributed by atoms with Crippen LogP contribution in [0.3, 0.4) is 0 Å². The molecule has 0 saturated heterocycles. The van der Waals surface area contributed by atoms with Gasteiger partial charge in [-0.25, -0.2) is 0 Å². The highest BCUT2D eigenvalue weighted by molar-refractivity contribution is 9.10. The second kappa shape index (κ2) is 8.94. The molecule has 0 aliphatic heterocycles. The van der Waals surface area contributed by atoms with E-state index in [0.717, 1.165) is 15.6 Å².